The van der Waals surface area contributed by atoms with E-state index in [-0.39, 0.29) is 6.04 Å². The van der Waals surface area contributed by atoms with Crippen LogP contribution in [0.2, 0.25) is 5.02 Å². The fourth-order valence-corrected chi connectivity index (χ4v) is 3.07. The fourth-order valence-electron chi connectivity index (χ4n) is 1.93. The molecule has 0 saturated carbocycles. The maximum Gasteiger partial charge on any atom is 0.0947 e. The minimum Gasteiger partial charge on any atom is -0.271 e. The van der Waals surface area contributed by atoms with Gasteiger partial charge in [-0.15, -0.1) is 11.3 Å². The molecule has 1 aromatic carbocycles. The molecule has 0 spiro atoms. The predicted octanol–water partition coefficient (Wildman–Crippen LogP) is 3.03. The molecule has 1 unspecified atom stereocenters. The summed E-state index contributed by atoms with van der Waals surface area (Å²) in [5.74, 6) is 5.64. The van der Waals surface area contributed by atoms with Crippen molar-refractivity contribution in [2.24, 2.45) is 5.84 Å². The molecule has 0 aliphatic rings. The average Bonchev–Trinajstić information content (AvgIpc) is 2.70. The summed E-state index contributed by atoms with van der Waals surface area (Å²) < 4.78 is 0. The molecule has 5 heteroatoms. The molecule has 1 heterocycles. The Morgan fingerprint density at radius 1 is 1.26 bits per heavy atom. The molecule has 2 aromatic rings. The number of benzene rings is 1. The number of thiazole rings is 1. The summed E-state index contributed by atoms with van der Waals surface area (Å²) in [6.07, 6.45) is 1.71. The van der Waals surface area contributed by atoms with Gasteiger partial charge in [0.1, 0.15) is 0 Å². The first-order valence-corrected chi connectivity index (χ1v) is 7.41. The van der Waals surface area contributed by atoms with Crippen molar-refractivity contribution >= 4 is 22.9 Å². The van der Waals surface area contributed by atoms with Gasteiger partial charge in [-0.05, 0) is 38.0 Å². The lowest BCUT2D eigenvalue weighted by Gasteiger charge is -2.14. The molecular weight excluding hydrogens is 278 g/mol. The molecule has 102 valence electrons. The zero-order chi connectivity index (χ0) is 13.8. The topological polar surface area (TPSA) is 50.9 Å². The lowest BCUT2D eigenvalue weighted by molar-refractivity contribution is 0.521. The summed E-state index contributed by atoms with van der Waals surface area (Å²) in [7, 11) is 0. The number of hydrogen-bond donors (Lipinski definition) is 2. The van der Waals surface area contributed by atoms with Crippen molar-refractivity contribution in [1.29, 1.82) is 0 Å². The number of halogens is 1. The number of nitrogens with zero attached hydrogens (tertiary/aromatic N) is 1. The Bertz CT molecular complexity index is 517. The van der Waals surface area contributed by atoms with Crippen LogP contribution in [0.3, 0.4) is 0 Å². The second-order valence-electron chi connectivity index (χ2n) is 4.65. The quantitative estimate of drug-likeness (QED) is 0.658. The Balaban J connectivity index is 2.02. The van der Waals surface area contributed by atoms with Gasteiger partial charge in [0, 0.05) is 22.4 Å². The third-order valence-corrected chi connectivity index (χ3v) is 4.47. The van der Waals surface area contributed by atoms with E-state index < -0.39 is 0 Å². The van der Waals surface area contributed by atoms with Gasteiger partial charge in [-0.25, -0.2) is 4.98 Å². The predicted molar refractivity (Wildman–Crippen MR) is 81.6 cm³/mol. The number of hydrazine groups is 1. The van der Waals surface area contributed by atoms with E-state index in [1.807, 2.05) is 31.2 Å². The second-order valence-corrected chi connectivity index (χ2v) is 6.37. The van der Waals surface area contributed by atoms with Gasteiger partial charge < -0.3 is 0 Å². The van der Waals surface area contributed by atoms with E-state index in [4.69, 9.17) is 17.4 Å². The van der Waals surface area contributed by atoms with Gasteiger partial charge in [0.25, 0.3) is 0 Å². The summed E-state index contributed by atoms with van der Waals surface area (Å²) in [6.45, 7) is 4.14. The Kier molecular flexibility index (Phi) is 4.93. The zero-order valence-corrected chi connectivity index (χ0v) is 12.7. The van der Waals surface area contributed by atoms with E-state index in [0.29, 0.717) is 0 Å². The largest absolute Gasteiger partial charge is 0.271 e. The highest BCUT2D eigenvalue weighted by Crippen LogP contribution is 2.19. The number of aromatic nitrogens is 1. The van der Waals surface area contributed by atoms with Gasteiger partial charge in [-0.2, -0.15) is 0 Å². The molecule has 1 atom stereocenters. The molecule has 0 aliphatic heterocycles. The molecule has 1 aromatic heterocycles. The fraction of sp³-hybridized carbons (Fsp3) is 0.357. The zero-order valence-electron chi connectivity index (χ0n) is 11.1. The maximum absolute atomic E-state index is 5.88. The minimum atomic E-state index is 0.186. The molecule has 0 aliphatic carbocycles. The number of hydrogen-bond acceptors (Lipinski definition) is 4. The number of nitrogens with two attached hydrogens (primary N) is 1. The maximum atomic E-state index is 5.88. The van der Waals surface area contributed by atoms with Crippen molar-refractivity contribution in [2.75, 3.05) is 0 Å². The van der Waals surface area contributed by atoms with Gasteiger partial charge >= 0.3 is 0 Å². The average molecular weight is 296 g/mol. The summed E-state index contributed by atoms with van der Waals surface area (Å²) in [6, 6.07) is 8.06. The van der Waals surface area contributed by atoms with Gasteiger partial charge in [0.05, 0.1) is 10.7 Å². The third-order valence-electron chi connectivity index (χ3n) is 3.12. The van der Waals surface area contributed by atoms with Crippen LogP contribution in [0.5, 0.6) is 0 Å². The van der Waals surface area contributed by atoms with Crippen molar-refractivity contribution in [3.05, 3.63) is 50.4 Å². The van der Waals surface area contributed by atoms with Crippen molar-refractivity contribution in [2.45, 2.75) is 32.7 Å². The Hall–Kier alpha value is -0.940. The molecule has 3 nitrogen and oxygen atoms in total. The van der Waals surface area contributed by atoms with E-state index >= 15 is 0 Å². The SMILES string of the molecule is Cc1nc(CC(Cc2ccc(Cl)cc2)NN)sc1C. The van der Waals surface area contributed by atoms with E-state index in [9.17, 15) is 0 Å². The van der Waals surface area contributed by atoms with Gasteiger partial charge in [-0.1, -0.05) is 23.7 Å². The van der Waals surface area contributed by atoms with Crippen molar-refractivity contribution in [3.63, 3.8) is 0 Å². The molecule has 2 rings (SSSR count). The standard InChI is InChI=1S/C14H18ClN3S/c1-9-10(2)19-14(17-9)8-13(18-16)7-11-3-5-12(15)6-4-11/h3-6,13,18H,7-8,16H2,1-2H3. The molecule has 0 saturated heterocycles. The van der Waals surface area contributed by atoms with Gasteiger partial charge in [0.2, 0.25) is 0 Å². The number of rotatable bonds is 5. The summed E-state index contributed by atoms with van der Waals surface area (Å²) in [4.78, 5) is 5.83. The van der Waals surface area contributed by atoms with Crippen LogP contribution in [0, 0.1) is 13.8 Å². The van der Waals surface area contributed by atoms with Crippen molar-refractivity contribution < 1.29 is 0 Å². The van der Waals surface area contributed by atoms with Crippen LogP contribution in [0.4, 0.5) is 0 Å². The van der Waals surface area contributed by atoms with Crippen LogP contribution < -0.4 is 11.3 Å². The van der Waals surface area contributed by atoms with Crippen molar-refractivity contribution in [1.82, 2.24) is 10.4 Å². The molecule has 19 heavy (non-hydrogen) atoms. The number of nitrogens with one attached hydrogen (secondary N) is 1. The van der Waals surface area contributed by atoms with Crippen LogP contribution in [0.25, 0.3) is 0 Å². The van der Waals surface area contributed by atoms with Crippen LogP contribution in [0.15, 0.2) is 24.3 Å². The first-order chi connectivity index (χ1) is 9.08. The second kappa shape index (κ2) is 6.48. The van der Waals surface area contributed by atoms with E-state index in [1.165, 1.54) is 10.4 Å². The first-order valence-electron chi connectivity index (χ1n) is 6.22. The first kappa shape index (κ1) is 14.5. The monoisotopic (exact) mass is 295 g/mol. The van der Waals surface area contributed by atoms with Crippen LogP contribution in [-0.4, -0.2) is 11.0 Å². The lowest BCUT2D eigenvalue weighted by atomic mass is 10.0. The molecule has 0 fully saturated rings. The summed E-state index contributed by atoms with van der Waals surface area (Å²) in [5, 5.41) is 1.89. The van der Waals surface area contributed by atoms with Crippen LogP contribution >= 0.6 is 22.9 Å². The Labute approximate surface area is 122 Å². The van der Waals surface area contributed by atoms with Crippen molar-refractivity contribution in [3.8, 4) is 0 Å². The van der Waals surface area contributed by atoms with Gasteiger partial charge in [-0.3, -0.25) is 11.3 Å². The van der Waals surface area contributed by atoms with Crippen LogP contribution in [-0.2, 0) is 12.8 Å². The highest BCUT2D eigenvalue weighted by Gasteiger charge is 2.12. The summed E-state index contributed by atoms with van der Waals surface area (Å²) >= 11 is 7.63. The van der Waals surface area contributed by atoms with E-state index in [0.717, 1.165) is 28.6 Å². The Morgan fingerprint density at radius 2 is 1.95 bits per heavy atom. The summed E-state index contributed by atoms with van der Waals surface area (Å²) in [5.41, 5.74) is 5.21. The Morgan fingerprint density at radius 3 is 2.47 bits per heavy atom. The van der Waals surface area contributed by atoms with E-state index in [1.54, 1.807) is 11.3 Å². The normalized spacial score (nSPS) is 12.6. The van der Waals surface area contributed by atoms with Gasteiger partial charge in [0.15, 0.2) is 0 Å². The van der Waals surface area contributed by atoms with Crippen LogP contribution in [0.1, 0.15) is 21.1 Å². The third kappa shape index (κ3) is 4.01. The highest BCUT2D eigenvalue weighted by atomic mass is 35.5. The molecule has 0 amide bonds. The smallest absolute Gasteiger partial charge is 0.0947 e. The highest BCUT2D eigenvalue weighted by molar-refractivity contribution is 7.11. The molecule has 3 N–H and O–H groups in total. The molecule has 0 bridgehead atoms. The number of aryl methyl sites for hydroxylation is 2. The minimum absolute atomic E-state index is 0.186. The lowest BCUT2D eigenvalue weighted by Crippen LogP contribution is -2.38. The molecular formula is C14H18ClN3S. The van der Waals surface area contributed by atoms with E-state index in [2.05, 4.69) is 17.3 Å². The molecule has 0 radical (unpaired) electrons.